The van der Waals surface area contributed by atoms with Gasteiger partial charge in [-0.2, -0.15) is 0 Å². The fraction of sp³-hybridized carbons (Fsp3) is 0.308. The van der Waals surface area contributed by atoms with Gasteiger partial charge in [0.15, 0.2) is 0 Å². The Labute approximate surface area is 117 Å². The van der Waals surface area contributed by atoms with Crippen molar-refractivity contribution in [3.05, 3.63) is 41.7 Å². The van der Waals surface area contributed by atoms with E-state index in [1.165, 1.54) is 4.41 Å². The molecule has 0 bridgehead atoms. The molecular formula is C13H15N3O3S. The van der Waals surface area contributed by atoms with Crippen LogP contribution < -0.4 is 5.32 Å². The lowest BCUT2D eigenvalue weighted by Gasteiger charge is -2.34. The zero-order valence-corrected chi connectivity index (χ0v) is 11.9. The van der Waals surface area contributed by atoms with Gasteiger partial charge in [-0.05, 0) is 25.1 Å². The Balaban J connectivity index is 1.90. The lowest BCUT2D eigenvalue weighted by atomic mass is 10.2. The maximum absolute atomic E-state index is 12.6. The number of aryl methyl sites for hydroxylation is 1. The number of hydrazine groups is 1. The molecule has 2 heterocycles. The van der Waals surface area contributed by atoms with E-state index < -0.39 is 10.0 Å². The highest BCUT2D eigenvalue weighted by molar-refractivity contribution is 7.89. The molecule has 2 aliphatic heterocycles. The van der Waals surface area contributed by atoms with Crippen LogP contribution >= 0.6 is 0 Å². The van der Waals surface area contributed by atoms with E-state index in [0.29, 0.717) is 12.4 Å². The molecule has 7 heteroatoms. The number of fused-ring (bicyclic) bond motifs is 1. The van der Waals surface area contributed by atoms with Gasteiger partial charge < -0.3 is 5.32 Å². The summed E-state index contributed by atoms with van der Waals surface area (Å²) in [7, 11) is -3.59. The molecule has 1 N–H and O–H groups in total. The van der Waals surface area contributed by atoms with Crippen LogP contribution in [0.15, 0.2) is 41.1 Å². The Hall–Kier alpha value is -1.86. The molecule has 0 saturated carbocycles. The number of hydrogen-bond donors (Lipinski definition) is 1. The van der Waals surface area contributed by atoms with Gasteiger partial charge >= 0.3 is 0 Å². The van der Waals surface area contributed by atoms with Crippen LogP contribution in [0.2, 0.25) is 0 Å². The molecule has 106 valence electrons. The molecule has 0 atom stereocenters. The van der Waals surface area contributed by atoms with E-state index in [2.05, 4.69) is 5.32 Å². The summed E-state index contributed by atoms with van der Waals surface area (Å²) in [6, 6.07) is 6.75. The molecule has 0 aliphatic carbocycles. The van der Waals surface area contributed by atoms with E-state index in [4.69, 9.17) is 0 Å². The van der Waals surface area contributed by atoms with Crippen molar-refractivity contribution in [2.75, 3.05) is 13.1 Å². The van der Waals surface area contributed by atoms with Crippen LogP contribution in [-0.4, -0.2) is 36.8 Å². The minimum absolute atomic E-state index is 0.0814. The largest absolute Gasteiger partial charge is 0.311 e. The lowest BCUT2D eigenvalue weighted by molar-refractivity contribution is -0.123. The Morgan fingerprint density at radius 2 is 1.90 bits per heavy atom. The van der Waals surface area contributed by atoms with Crippen LogP contribution in [0.5, 0.6) is 0 Å². The SMILES string of the molecule is Cc1ccc(S(=O)(=O)N2CC=C3NC(=O)CCN32)cc1. The van der Waals surface area contributed by atoms with E-state index in [9.17, 15) is 13.2 Å². The topological polar surface area (TPSA) is 69.7 Å². The van der Waals surface area contributed by atoms with Gasteiger partial charge in [0.25, 0.3) is 10.0 Å². The summed E-state index contributed by atoms with van der Waals surface area (Å²) in [6.07, 6.45) is 2.00. The van der Waals surface area contributed by atoms with Crippen molar-refractivity contribution in [1.82, 2.24) is 14.7 Å². The molecule has 3 rings (SSSR count). The van der Waals surface area contributed by atoms with Crippen molar-refractivity contribution in [2.45, 2.75) is 18.2 Å². The fourth-order valence-corrected chi connectivity index (χ4v) is 3.73. The van der Waals surface area contributed by atoms with Gasteiger partial charge in [0.2, 0.25) is 5.91 Å². The number of carbonyl (C=O) groups excluding carboxylic acids is 1. The molecule has 20 heavy (non-hydrogen) atoms. The predicted molar refractivity (Wildman–Crippen MR) is 72.6 cm³/mol. The Morgan fingerprint density at radius 1 is 1.20 bits per heavy atom. The number of hydrogen-bond acceptors (Lipinski definition) is 4. The van der Waals surface area contributed by atoms with Gasteiger partial charge in [0.1, 0.15) is 5.82 Å². The third-order valence-corrected chi connectivity index (χ3v) is 5.17. The second-order valence-electron chi connectivity index (χ2n) is 4.83. The molecule has 1 saturated heterocycles. The summed E-state index contributed by atoms with van der Waals surface area (Å²) >= 11 is 0. The number of sulfonamides is 1. The summed E-state index contributed by atoms with van der Waals surface area (Å²) in [5.41, 5.74) is 1.01. The van der Waals surface area contributed by atoms with E-state index in [-0.39, 0.29) is 23.8 Å². The minimum atomic E-state index is -3.59. The standard InChI is InChI=1S/C13H15N3O3S/c1-10-2-4-11(5-3-10)20(18,19)16-9-6-12-14-13(17)7-8-15(12)16/h2-6H,7-9H2,1H3,(H,14,17). The average Bonchev–Trinajstić information content (AvgIpc) is 2.82. The van der Waals surface area contributed by atoms with E-state index in [0.717, 1.165) is 5.56 Å². The molecule has 0 aromatic heterocycles. The predicted octanol–water partition coefficient (Wildman–Crippen LogP) is 0.578. The van der Waals surface area contributed by atoms with Crippen LogP contribution in [0.25, 0.3) is 0 Å². The van der Waals surface area contributed by atoms with Crippen LogP contribution in [-0.2, 0) is 14.8 Å². The van der Waals surface area contributed by atoms with Crippen LogP contribution in [0.3, 0.4) is 0 Å². The van der Waals surface area contributed by atoms with Crippen molar-refractivity contribution in [2.24, 2.45) is 0 Å². The molecule has 6 nitrogen and oxygen atoms in total. The number of carbonyl (C=O) groups is 1. The molecule has 1 fully saturated rings. The highest BCUT2D eigenvalue weighted by Crippen LogP contribution is 2.26. The van der Waals surface area contributed by atoms with Crippen LogP contribution in [0.4, 0.5) is 0 Å². The van der Waals surface area contributed by atoms with E-state index in [1.807, 2.05) is 6.92 Å². The van der Waals surface area contributed by atoms with Crippen molar-refractivity contribution >= 4 is 15.9 Å². The van der Waals surface area contributed by atoms with Crippen molar-refractivity contribution in [3.8, 4) is 0 Å². The summed E-state index contributed by atoms with van der Waals surface area (Å²) in [5, 5.41) is 4.29. The second kappa shape index (κ2) is 4.60. The van der Waals surface area contributed by atoms with Gasteiger partial charge in [-0.3, -0.25) is 9.80 Å². The maximum atomic E-state index is 12.6. The van der Waals surface area contributed by atoms with Crippen molar-refractivity contribution < 1.29 is 13.2 Å². The Kier molecular flexibility index (Phi) is 3.02. The molecule has 0 radical (unpaired) electrons. The van der Waals surface area contributed by atoms with Gasteiger partial charge in [-0.25, -0.2) is 8.42 Å². The first-order valence-electron chi connectivity index (χ1n) is 6.35. The summed E-state index contributed by atoms with van der Waals surface area (Å²) < 4.78 is 26.5. The van der Waals surface area contributed by atoms with Gasteiger partial charge in [0, 0.05) is 13.0 Å². The Morgan fingerprint density at radius 3 is 2.60 bits per heavy atom. The molecular weight excluding hydrogens is 278 g/mol. The lowest BCUT2D eigenvalue weighted by Crippen LogP contribution is -2.49. The highest BCUT2D eigenvalue weighted by Gasteiger charge is 2.37. The van der Waals surface area contributed by atoms with Crippen molar-refractivity contribution in [1.29, 1.82) is 0 Å². The zero-order valence-electron chi connectivity index (χ0n) is 11.0. The monoisotopic (exact) mass is 293 g/mol. The van der Waals surface area contributed by atoms with Crippen LogP contribution in [0.1, 0.15) is 12.0 Å². The quantitative estimate of drug-likeness (QED) is 0.866. The number of amides is 1. The first kappa shape index (κ1) is 13.1. The third kappa shape index (κ3) is 2.08. The molecule has 0 unspecified atom stereocenters. The molecule has 1 aromatic carbocycles. The smallest absolute Gasteiger partial charge is 0.260 e. The van der Waals surface area contributed by atoms with E-state index in [1.54, 1.807) is 35.4 Å². The molecule has 0 spiro atoms. The second-order valence-corrected chi connectivity index (χ2v) is 6.68. The molecule has 1 aromatic rings. The zero-order chi connectivity index (χ0) is 14.3. The molecule has 2 aliphatic rings. The normalized spacial score (nSPS) is 19.6. The number of nitrogens with zero attached hydrogens (tertiary/aromatic N) is 2. The number of benzene rings is 1. The van der Waals surface area contributed by atoms with Gasteiger partial charge in [0.05, 0.1) is 11.4 Å². The average molecular weight is 293 g/mol. The van der Waals surface area contributed by atoms with E-state index >= 15 is 0 Å². The summed E-state index contributed by atoms with van der Waals surface area (Å²) in [6.45, 7) is 2.53. The van der Waals surface area contributed by atoms with Crippen LogP contribution in [0, 0.1) is 6.92 Å². The third-order valence-electron chi connectivity index (χ3n) is 3.40. The number of nitrogens with one attached hydrogen (secondary N) is 1. The number of rotatable bonds is 2. The minimum Gasteiger partial charge on any atom is -0.311 e. The fourth-order valence-electron chi connectivity index (χ4n) is 2.31. The van der Waals surface area contributed by atoms with Crippen molar-refractivity contribution in [3.63, 3.8) is 0 Å². The Bertz CT molecular complexity index is 679. The molecule has 1 amide bonds. The van der Waals surface area contributed by atoms with Gasteiger partial charge in [-0.1, -0.05) is 17.7 Å². The first-order chi connectivity index (χ1) is 9.48. The maximum Gasteiger partial charge on any atom is 0.260 e. The summed E-state index contributed by atoms with van der Waals surface area (Å²) in [5.74, 6) is 0.471. The first-order valence-corrected chi connectivity index (χ1v) is 7.79. The van der Waals surface area contributed by atoms with Gasteiger partial charge in [-0.15, -0.1) is 4.41 Å². The summed E-state index contributed by atoms with van der Waals surface area (Å²) in [4.78, 5) is 11.6. The highest BCUT2D eigenvalue weighted by atomic mass is 32.2.